The molecule has 1 heterocycles. The lowest BCUT2D eigenvalue weighted by Gasteiger charge is -2.13. The number of benzene rings is 2. The van der Waals surface area contributed by atoms with E-state index in [1.54, 1.807) is 67.8 Å². The van der Waals surface area contributed by atoms with Crippen LogP contribution in [0.15, 0.2) is 77.0 Å². The van der Waals surface area contributed by atoms with E-state index in [2.05, 4.69) is 10.6 Å². The van der Waals surface area contributed by atoms with Gasteiger partial charge in [0.05, 0.1) is 26.2 Å². The smallest absolute Gasteiger partial charge is 0.291 e. The van der Waals surface area contributed by atoms with Gasteiger partial charge in [0.25, 0.3) is 11.8 Å². The van der Waals surface area contributed by atoms with Crippen LogP contribution in [-0.4, -0.2) is 26.0 Å². The Labute approximate surface area is 167 Å². The molecule has 2 N–H and O–H groups in total. The van der Waals surface area contributed by atoms with Crippen LogP contribution in [0.5, 0.6) is 11.5 Å². The maximum absolute atomic E-state index is 12.9. The van der Waals surface area contributed by atoms with Gasteiger partial charge in [0, 0.05) is 0 Å². The summed E-state index contributed by atoms with van der Waals surface area (Å²) in [5, 5.41) is 5.35. The predicted molar refractivity (Wildman–Crippen MR) is 109 cm³/mol. The Morgan fingerprint density at radius 3 is 2.34 bits per heavy atom. The summed E-state index contributed by atoms with van der Waals surface area (Å²) in [5.74, 6) is 0.231. The number of ether oxygens (including phenoxy) is 2. The van der Waals surface area contributed by atoms with Crippen molar-refractivity contribution >= 4 is 23.6 Å². The van der Waals surface area contributed by atoms with Gasteiger partial charge in [0.15, 0.2) is 5.76 Å². The minimum atomic E-state index is -0.537. The van der Waals surface area contributed by atoms with Crippen LogP contribution in [0.1, 0.15) is 16.1 Å². The zero-order valence-electron chi connectivity index (χ0n) is 16.0. The van der Waals surface area contributed by atoms with Gasteiger partial charge in [-0.2, -0.15) is 0 Å². The van der Waals surface area contributed by atoms with Gasteiger partial charge >= 0.3 is 0 Å². The van der Waals surface area contributed by atoms with Crippen molar-refractivity contribution < 1.29 is 23.5 Å². The molecule has 3 rings (SSSR count). The van der Waals surface area contributed by atoms with Crippen molar-refractivity contribution in [3.63, 3.8) is 0 Å². The van der Waals surface area contributed by atoms with E-state index in [1.807, 2.05) is 0 Å². The molecule has 0 fully saturated rings. The minimum absolute atomic E-state index is 0.0440. The summed E-state index contributed by atoms with van der Waals surface area (Å²) < 4.78 is 15.5. The number of carbonyl (C=O) groups excluding carboxylic acids is 2. The number of hydrogen-bond acceptors (Lipinski definition) is 5. The summed E-state index contributed by atoms with van der Waals surface area (Å²) in [6.07, 6.45) is 2.95. The van der Waals surface area contributed by atoms with Gasteiger partial charge in [-0.25, -0.2) is 0 Å². The van der Waals surface area contributed by atoms with E-state index in [1.165, 1.54) is 19.4 Å². The molecule has 0 radical (unpaired) electrons. The number of carbonyl (C=O) groups is 2. The number of para-hydroxylation sites is 2. The predicted octanol–water partition coefficient (Wildman–Crippen LogP) is 3.71. The highest BCUT2D eigenvalue weighted by molar-refractivity contribution is 6.10. The second-order valence-electron chi connectivity index (χ2n) is 5.92. The molecule has 0 atom stereocenters. The fraction of sp³-hybridized carbons (Fsp3) is 0.0909. The summed E-state index contributed by atoms with van der Waals surface area (Å²) in [6.45, 7) is 0. The quantitative estimate of drug-likeness (QED) is 0.599. The number of hydrogen-bond donors (Lipinski definition) is 2. The maximum Gasteiger partial charge on any atom is 0.291 e. The summed E-state index contributed by atoms with van der Waals surface area (Å²) in [5.41, 5.74) is 1.23. The molecule has 0 spiro atoms. The number of rotatable bonds is 7. The van der Waals surface area contributed by atoms with Crippen LogP contribution in [0.2, 0.25) is 0 Å². The highest BCUT2D eigenvalue weighted by Gasteiger charge is 2.17. The van der Waals surface area contributed by atoms with Crippen molar-refractivity contribution in [2.45, 2.75) is 0 Å². The van der Waals surface area contributed by atoms with E-state index in [0.29, 0.717) is 22.7 Å². The first-order chi connectivity index (χ1) is 14.1. The molecule has 0 aliphatic rings. The molecule has 1 aromatic heterocycles. The first kappa shape index (κ1) is 19.8. The van der Waals surface area contributed by atoms with Crippen LogP contribution in [0.4, 0.5) is 5.69 Å². The zero-order chi connectivity index (χ0) is 20.6. The van der Waals surface area contributed by atoms with E-state index in [0.717, 1.165) is 0 Å². The number of methoxy groups -OCH3 is 2. The molecule has 29 heavy (non-hydrogen) atoms. The van der Waals surface area contributed by atoms with Crippen LogP contribution < -0.4 is 20.1 Å². The van der Waals surface area contributed by atoms with Gasteiger partial charge in [0.1, 0.15) is 17.2 Å². The van der Waals surface area contributed by atoms with E-state index in [-0.39, 0.29) is 11.5 Å². The van der Waals surface area contributed by atoms with Crippen molar-refractivity contribution in [3.05, 3.63) is 83.9 Å². The Bertz CT molecular complexity index is 1010. The Kier molecular flexibility index (Phi) is 6.32. The molecule has 3 aromatic rings. The van der Waals surface area contributed by atoms with Gasteiger partial charge in [-0.3, -0.25) is 9.59 Å². The zero-order valence-corrected chi connectivity index (χ0v) is 16.0. The van der Waals surface area contributed by atoms with Crippen LogP contribution in [0, 0.1) is 0 Å². The molecule has 0 aliphatic carbocycles. The van der Waals surface area contributed by atoms with Crippen molar-refractivity contribution in [2.24, 2.45) is 0 Å². The van der Waals surface area contributed by atoms with Gasteiger partial charge in [-0.1, -0.05) is 24.3 Å². The van der Waals surface area contributed by atoms with Gasteiger partial charge in [-0.05, 0) is 48.0 Å². The third-order valence-corrected chi connectivity index (χ3v) is 4.02. The van der Waals surface area contributed by atoms with E-state index >= 15 is 0 Å². The van der Waals surface area contributed by atoms with Crippen LogP contribution in [0.25, 0.3) is 6.08 Å². The number of amides is 2. The lowest BCUT2D eigenvalue weighted by Crippen LogP contribution is -2.30. The second-order valence-corrected chi connectivity index (χ2v) is 5.92. The lowest BCUT2D eigenvalue weighted by atomic mass is 10.1. The average Bonchev–Trinajstić information content (AvgIpc) is 3.29. The monoisotopic (exact) mass is 392 g/mol. The largest absolute Gasteiger partial charge is 0.497 e. The second kappa shape index (κ2) is 9.27. The third-order valence-electron chi connectivity index (χ3n) is 4.02. The van der Waals surface area contributed by atoms with Crippen LogP contribution in [0.3, 0.4) is 0 Å². The Balaban J connectivity index is 1.89. The van der Waals surface area contributed by atoms with Crippen LogP contribution in [-0.2, 0) is 4.79 Å². The van der Waals surface area contributed by atoms with Crippen molar-refractivity contribution in [3.8, 4) is 11.5 Å². The molecule has 0 bridgehead atoms. The van der Waals surface area contributed by atoms with Gasteiger partial charge < -0.3 is 24.5 Å². The Morgan fingerprint density at radius 1 is 0.931 bits per heavy atom. The molecule has 2 aromatic carbocycles. The summed E-state index contributed by atoms with van der Waals surface area (Å²) in [6, 6.07) is 17.2. The SMILES string of the molecule is COc1ccc(/C=C(/NC(=O)c2ccco2)C(=O)Nc2ccccc2OC)cc1. The van der Waals surface area contributed by atoms with Gasteiger partial charge in [0.2, 0.25) is 0 Å². The summed E-state index contributed by atoms with van der Waals surface area (Å²) in [4.78, 5) is 25.3. The minimum Gasteiger partial charge on any atom is -0.497 e. The maximum atomic E-state index is 12.9. The Morgan fingerprint density at radius 2 is 1.69 bits per heavy atom. The first-order valence-electron chi connectivity index (χ1n) is 8.75. The average molecular weight is 392 g/mol. The molecule has 148 valence electrons. The van der Waals surface area contributed by atoms with Crippen molar-refractivity contribution in [2.75, 3.05) is 19.5 Å². The third kappa shape index (κ3) is 5.04. The van der Waals surface area contributed by atoms with Crippen LogP contribution >= 0.6 is 0 Å². The van der Waals surface area contributed by atoms with E-state index in [4.69, 9.17) is 13.9 Å². The van der Waals surface area contributed by atoms with Crippen molar-refractivity contribution in [1.29, 1.82) is 0 Å². The molecule has 0 aliphatic heterocycles. The standard InChI is InChI=1S/C22H20N2O5/c1-27-16-11-9-15(10-12-16)14-18(24-22(26)20-8-5-13-29-20)21(25)23-17-6-3-4-7-19(17)28-2/h3-14H,1-2H3,(H,23,25)(H,24,26)/b18-14+. The number of furan rings is 1. The lowest BCUT2D eigenvalue weighted by molar-refractivity contribution is -0.113. The fourth-order valence-corrected chi connectivity index (χ4v) is 2.55. The van der Waals surface area contributed by atoms with Gasteiger partial charge in [-0.15, -0.1) is 0 Å². The summed E-state index contributed by atoms with van der Waals surface area (Å²) >= 11 is 0. The molecular formula is C22H20N2O5. The number of nitrogens with one attached hydrogen (secondary N) is 2. The van der Waals surface area contributed by atoms with E-state index in [9.17, 15) is 9.59 Å². The number of anilines is 1. The molecule has 0 unspecified atom stereocenters. The molecular weight excluding hydrogens is 372 g/mol. The highest BCUT2D eigenvalue weighted by atomic mass is 16.5. The highest BCUT2D eigenvalue weighted by Crippen LogP contribution is 2.24. The first-order valence-corrected chi connectivity index (χ1v) is 8.75. The molecule has 0 saturated heterocycles. The topological polar surface area (TPSA) is 89.8 Å². The fourth-order valence-electron chi connectivity index (χ4n) is 2.55. The van der Waals surface area contributed by atoms with E-state index < -0.39 is 11.8 Å². The molecule has 2 amide bonds. The molecule has 7 nitrogen and oxygen atoms in total. The normalized spacial score (nSPS) is 10.9. The molecule has 7 heteroatoms. The van der Waals surface area contributed by atoms with Crippen molar-refractivity contribution in [1.82, 2.24) is 5.32 Å². The molecule has 0 saturated carbocycles. The summed E-state index contributed by atoms with van der Waals surface area (Å²) in [7, 11) is 3.08. The Hall–Kier alpha value is -4.00.